The van der Waals surface area contributed by atoms with Gasteiger partial charge in [-0.3, -0.25) is 4.79 Å². The smallest absolute Gasteiger partial charge is 0.387 e. The second-order valence-corrected chi connectivity index (χ2v) is 3.44. The number of hydrogen-bond donors (Lipinski definition) is 0. The van der Waals surface area contributed by atoms with Gasteiger partial charge >= 0.3 is 6.61 Å². The topological polar surface area (TPSA) is 26.3 Å². The Hall–Kier alpha value is -1.16. The number of ketones is 1. The molecular formula is C10H9ClF2O2. The zero-order valence-electron chi connectivity index (χ0n) is 8.18. The molecule has 0 amide bonds. The van der Waals surface area contributed by atoms with E-state index < -0.39 is 6.61 Å². The fourth-order valence-electron chi connectivity index (χ4n) is 1.22. The third-order valence-corrected chi connectivity index (χ3v) is 2.17. The van der Waals surface area contributed by atoms with Crippen LogP contribution in [0.5, 0.6) is 5.75 Å². The minimum atomic E-state index is -2.93. The summed E-state index contributed by atoms with van der Waals surface area (Å²) in [6.07, 6.45) is 0. The Labute approximate surface area is 90.8 Å². The van der Waals surface area contributed by atoms with Gasteiger partial charge in [-0.05, 0) is 31.5 Å². The molecule has 0 bridgehead atoms. The molecule has 0 saturated heterocycles. The van der Waals surface area contributed by atoms with Crippen LogP contribution in [-0.4, -0.2) is 12.4 Å². The number of ether oxygens (including phenoxy) is 1. The summed E-state index contributed by atoms with van der Waals surface area (Å²) in [5.41, 5.74) is 0.962. The van der Waals surface area contributed by atoms with Gasteiger partial charge in [0.25, 0.3) is 0 Å². The van der Waals surface area contributed by atoms with Crippen LogP contribution in [0.15, 0.2) is 12.1 Å². The molecule has 0 N–H and O–H groups in total. The molecule has 82 valence electrons. The third-order valence-electron chi connectivity index (χ3n) is 1.87. The van der Waals surface area contributed by atoms with Crippen molar-refractivity contribution in [2.24, 2.45) is 0 Å². The van der Waals surface area contributed by atoms with Gasteiger partial charge < -0.3 is 4.74 Å². The maximum absolute atomic E-state index is 11.9. The van der Waals surface area contributed by atoms with Gasteiger partial charge in [0, 0.05) is 5.56 Å². The van der Waals surface area contributed by atoms with Crippen LogP contribution in [0.25, 0.3) is 0 Å². The summed E-state index contributed by atoms with van der Waals surface area (Å²) in [7, 11) is 0. The van der Waals surface area contributed by atoms with Crippen molar-refractivity contribution in [1.29, 1.82) is 0 Å². The number of alkyl halides is 2. The summed E-state index contributed by atoms with van der Waals surface area (Å²) in [6.45, 7) is 0.0858. The Morgan fingerprint density at radius 1 is 1.47 bits per heavy atom. The summed E-state index contributed by atoms with van der Waals surface area (Å²) in [4.78, 5) is 11.1. The average molecular weight is 235 g/mol. The molecule has 5 heteroatoms. The summed E-state index contributed by atoms with van der Waals surface area (Å²) < 4.78 is 28.1. The van der Waals surface area contributed by atoms with Gasteiger partial charge in [-0.2, -0.15) is 8.78 Å². The van der Waals surface area contributed by atoms with Gasteiger partial charge in [0.2, 0.25) is 0 Å². The van der Waals surface area contributed by atoms with E-state index in [1.807, 2.05) is 0 Å². The minimum Gasteiger partial charge on any atom is -0.433 e. The highest BCUT2D eigenvalue weighted by atomic mass is 35.5. The molecule has 2 nitrogen and oxygen atoms in total. The van der Waals surface area contributed by atoms with E-state index in [1.165, 1.54) is 19.1 Å². The Morgan fingerprint density at radius 2 is 2.07 bits per heavy atom. The zero-order valence-corrected chi connectivity index (χ0v) is 8.94. The molecule has 0 aliphatic rings. The lowest BCUT2D eigenvalue weighted by Gasteiger charge is -2.09. The lowest BCUT2D eigenvalue weighted by Crippen LogP contribution is -2.04. The third kappa shape index (κ3) is 2.89. The molecular weight excluding hydrogens is 226 g/mol. The standard InChI is InChI=1S/C10H9ClF2O2/c1-5-3-9(15-10(12)13)8(11)4-7(5)6(2)14/h3-4,10H,1-2H3. The van der Waals surface area contributed by atoms with Crippen LogP contribution in [0, 0.1) is 6.92 Å². The van der Waals surface area contributed by atoms with E-state index in [9.17, 15) is 13.6 Å². The van der Waals surface area contributed by atoms with Gasteiger partial charge in [-0.15, -0.1) is 0 Å². The van der Waals surface area contributed by atoms with Crippen LogP contribution < -0.4 is 4.74 Å². The number of rotatable bonds is 3. The number of halogens is 3. The number of benzene rings is 1. The van der Waals surface area contributed by atoms with Crippen molar-refractivity contribution in [3.63, 3.8) is 0 Å². The van der Waals surface area contributed by atoms with E-state index in [0.29, 0.717) is 11.1 Å². The Morgan fingerprint density at radius 3 is 2.53 bits per heavy atom. The molecule has 0 aliphatic carbocycles. The molecule has 0 spiro atoms. The Balaban J connectivity index is 3.13. The Bertz CT molecular complexity index is 391. The van der Waals surface area contributed by atoms with Gasteiger partial charge in [-0.25, -0.2) is 0 Å². The first-order valence-corrected chi connectivity index (χ1v) is 4.55. The first-order valence-electron chi connectivity index (χ1n) is 4.17. The number of hydrogen-bond acceptors (Lipinski definition) is 2. The predicted octanol–water partition coefficient (Wildman–Crippen LogP) is 3.45. The lowest BCUT2D eigenvalue weighted by atomic mass is 10.1. The highest BCUT2D eigenvalue weighted by molar-refractivity contribution is 6.32. The van der Waals surface area contributed by atoms with E-state index in [0.717, 1.165) is 0 Å². The first kappa shape index (κ1) is 11.9. The van der Waals surface area contributed by atoms with Crippen LogP contribution >= 0.6 is 11.6 Å². The van der Waals surface area contributed by atoms with E-state index in [2.05, 4.69) is 4.74 Å². The molecule has 0 heterocycles. The molecule has 0 unspecified atom stereocenters. The van der Waals surface area contributed by atoms with E-state index >= 15 is 0 Å². The van der Waals surface area contributed by atoms with E-state index in [1.54, 1.807) is 6.92 Å². The van der Waals surface area contributed by atoms with Gasteiger partial charge in [-0.1, -0.05) is 11.6 Å². The largest absolute Gasteiger partial charge is 0.433 e. The highest BCUT2D eigenvalue weighted by Crippen LogP contribution is 2.29. The SMILES string of the molecule is CC(=O)c1cc(Cl)c(OC(F)F)cc1C. The molecule has 0 aliphatic heterocycles. The molecule has 0 radical (unpaired) electrons. The van der Waals surface area contributed by atoms with Gasteiger partial charge in [0.05, 0.1) is 5.02 Å². The number of Topliss-reactive ketones (excluding diaryl/α,β-unsaturated/α-hetero) is 1. The van der Waals surface area contributed by atoms with Crippen molar-refractivity contribution >= 4 is 17.4 Å². The van der Waals surface area contributed by atoms with Crippen LogP contribution in [0.4, 0.5) is 8.78 Å². The summed E-state index contributed by atoms with van der Waals surface area (Å²) in [5.74, 6) is -0.285. The Kier molecular flexibility index (Phi) is 3.63. The van der Waals surface area contributed by atoms with Crippen molar-refractivity contribution in [3.05, 3.63) is 28.3 Å². The molecule has 1 aromatic rings. The van der Waals surface area contributed by atoms with Crippen LogP contribution in [0.3, 0.4) is 0 Å². The van der Waals surface area contributed by atoms with Crippen molar-refractivity contribution in [2.45, 2.75) is 20.5 Å². The first-order chi connectivity index (χ1) is 6.91. The monoisotopic (exact) mass is 234 g/mol. The van der Waals surface area contributed by atoms with Crippen LogP contribution in [0.2, 0.25) is 5.02 Å². The van der Waals surface area contributed by atoms with E-state index in [-0.39, 0.29) is 16.6 Å². The van der Waals surface area contributed by atoms with Gasteiger partial charge in [0.1, 0.15) is 5.75 Å². The fraction of sp³-hybridized carbons (Fsp3) is 0.300. The fourth-order valence-corrected chi connectivity index (χ4v) is 1.43. The summed E-state index contributed by atoms with van der Waals surface area (Å²) in [5, 5.41) is 0.00565. The lowest BCUT2D eigenvalue weighted by molar-refractivity contribution is -0.0498. The normalized spacial score (nSPS) is 10.5. The minimum absolute atomic E-state index is 0.00565. The van der Waals surface area contributed by atoms with Crippen LogP contribution in [-0.2, 0) is 0 Å². The second-order valence-electron chi connectivity index (χ2n) is 3.03. The quantitative estimate of drug-likeness (QED) is 0.749. The maximum atomic E-state index is 11.9. The average Bonchev–Trinajstić information content (AvgIpc) is 2.09. The molecule has 15 heavy (non-hydrogen) atoms. The highest BCUT2D eigenvalue weighted by Gasteiger charge is 2.13. The molecule has 0 aromatic heterocycles. The van der Waals surface area contributed by atoms with E-state index in [4.69, 9.17) is 11.6 Å². The second kappa shape index (κ2) is 4.57. The van der Waals surface area contributed by atoms with Crippen molar-refractivity contribution in [3.8, 4) is 5.75 Å². The number of carbonyl (C=O) groups excluding carboxylic acids is 1. The molecule has 0 saturated carbocycles. The predicted molar refractivity (Wildman–Crippen MR) is 52.8 cm³/mol. The molecule has 0 atom stereocenters. The summed E-state index contributed by atoms with van der Waals surface area (Å²) >= 11 is 5.68. The summed E-state index contributed by atoms with van der Waals surface area (Å²) in [6, 6.07) is 2.65. The number of aryl methyl sites for hydroxylation is 1. The maximum Gasteiger partial charge on any atom is 0.387 e. The number of carbonyl (C=O) groups is 1. The molecule has 1 rings (SSSR count). The van der Waals surface area contributed by atoms with Crippen molar-refractivity contribution < 1.29 is 18.3 Å². The van der Waals surface area contributed by atoms with Gasteiger partial charge in [0.15, 0.2) is 5.78 Å². The van der Waals surface area contributed by atoms with Crippen molar-refractivity contribution in [1.82, 2.24) is 0 Å². The zero-order chi connectivity index (χ0) is 11.6. The molecule has 0 fully saturated rings. The molecule has 1 aromatic carbocycles. The van der Waals surface area contributed by atoms with Crippen LogP contribution in [0.1, 0.15) is 22.8 Å². The van der Waals surface area contributed by atoms with Crippen molar-refractivity contribution in [2.75, 3.05) is 0 Å².